The number of nitro groups is 1. The largest absolute Gasteiger partial charge is 0.495 e. The summed E-state index contributed by atoms with van der Waals surface area (Å²) in [5, 5.41) is 15.7. The maximum Gasteiger partial charge on any atom is 0.321 e. The zero-order valence-corrected chi connectivity index (χ0v) is 17.9. The summed E-state index contributed by atoms with van der Waals surface area (Å²) in [6.07, 6.45) is 0. The Bertz CT molecular complexity index is 1150. The number of urea groups is 1. The number of benzene rings is 2. The third kappa shape index (κ3) is 4.77. The number of nitrogens with one attached hydrogen (secondary N) is 2. The summed E-state index contributed by atoms with van der Waals surface area (Å²) in [7, 11) is 1.54. The number of amides is 3. The fourth-order valence-electron chi connectivity index (χ4n) is 2.92. The predicted octanol–water partition coefficient (Wildman–Crippen LogP) is 3.27. The van der Waals surface area contributed by atoms with E-state index in [1.165, 1.54) is 19.2 Å². The zero-order valence-electron chi connectivity index (χ0n) is 17.1. The van der Waals surface area contributed by atoms with E-state index >= 15 is 0 Å². The van der Waals surface area contributed by atoms with Crippen molar-refractivity contribution in [3.63, 3.8) is 0 Å². The van der Waals surface area contributed by atoms with Crippen molar-refractivity contribution in [2.75, 3.05) is 13.7 Å². The molecule has 2 N–H and O–H groups in total. The number of nitro benzene ring substituents is 1. The van der Waals surface area contributed by atoms with Gasteiger partial charge in [0.2, 0.25) is 5.91 Å². The molecular formula is C20H21N5O5S. The number of non-ortho nitro benzene ring substituents is 1. The highest BCUT2D eigenvalue weighted by atomic mass is 32.2. The van der Waals surface area contributed by atoms with Gasteiger partial charge in [-0.1, -0.05) is 23.9 Å². The van der Waals surface area contributed by atoms with Crippen molar-refractivity contribution in [2.45, 2.75) is 24.3 Å². The van der Waals surface area contributed by atoms with Gasteiger partial charge in [-0.25, -0.2) is 9.78 Å². The Morgan fingerprint density at radius 1 is 1.29 bits per heavy atom. The zero-order chi connectivity index (χ0) is 22.5. The molecule has 0 aliphatic heterocycles. The maximum absolute atomic E-state index is 12.4. The van der Waals surface area contributed by atoms with E-state index in [0.29, 0.717) is 34.2 Å². The van der Waals surface area contributed by atoms with E-state index in [2.05, 4.69) is 15.6 Å². The van der Waals surface area contributed by atoms with Crippen LogP contribution in [-0.2, 0) is 4.79 Å². The molecule has 31 heavy (non-hydrogen) atoms. The van der Waals surface area contributed by atoms with Crippen molar-refractivity contribution in [1.29, 1.82) is 0 Å². The van der Waals surface area contributed by atoms with E-state index in [4.69, 9.17) is 4.74 Å². The lowest BCUT2D eigenvalue weighted by atomic mass is 10.2. The molecule has 0 saturated carbocycles. The first kappa shape index (κ1) is 22.1. The summed E-state index contributed by atoms with van der Waals surface area (Å²) in [6, 6.07) is 11.1. The van der Waals surface area contributed by atoms with Crippen LogP contribution in [0.15, 0.2) is 47.6 Å². The second-order valence-corrected chi connectivity index (χ2v) is 7.75. The molecule has 0 radical (unpaired) electrons. The average Bonchev–Trinajstić information content (AvgIpc) is 3.10. The van der Waals surface area contributed by atoms with Crippen LogP contribution in [-0.4, -0.2) is 45.3 Å². The van der Waals surface area contributed by atoms with E-state index in [1.807, 2.05) is 18.2 Å². The molecule has 1 atom stereocenters. The Labute approximate surface area is 182 Å². The highest BCUT2D eigenvalue weighted by molar-refractivity contribution is 8.00. The molecular weight excluding hydrogens is 422 g/mol. The first-order valence-corrected chi connectivity index (χ1v) is 10.3. The van der Waals surface area contributed by atoms with Crippen LogP contribution in [0.5, 0.6) is 5.75 Å². The molecule has 3 aromatic rings. The van der Waals surface area contributed by atoms with Gasteiger partial charge in [-0.3, -0.25) is 24.8 Å². The number of carbonyl (C=O) groups is 2. The molecule has 1 aromatic heterocycles. The SMILES string of the molecule is CCNC(=O)NC(=O)C(C)Sc1nc2cc([N+](=O)[O-])ccc2n1-c1ccccc1OC. The van der Waals surface area contributed by atoms with Gasteiger partial charge < -0.3 is 10.1 Å². The van der Waals surface area contributed by atoms with Gasteiger partial charge in [0.05, 0.1) is 34.0 Å². The summed E-state index contributed by atoms with van der Waals surface area (Å²) in [4.78, 5) is 39.3. The first-order valence-electron chi connectivity index (χ1n) is 9.41. The van der Waals surface area contributed by atoms with Gasteiger partial charge in [-0.15, -0.1) is 0 Å². The first-order chi connectivity index (χ1) is 14.8. The van der Waals surface area contributed by atoms with Crippen LogP contribution in [0.2, 0.25) is 0 Å². The number of fused-ring (bicyclic) bond motifs is 1. The molecule has 0 aliphatic rings. The van der Waals surface area contributed by atoms with E-state index in [9.17, 15) is 19.7 Å². The summed E-state index contributed by atoms with van der Waals surface area (Å²) in [5.41, 5.74) is 1.60. The minimum atomic E-state index is -0.664. The molecule has 2 aromatic carbocycles. The van der Waals surface area contributed by atoms with E-state index in [-0.39, 0.29) is 5.69 Å². The van der Waals surface area contributed by atoms with Crippen molar-refractivity contribution in [1.82, 2.24) is 20.2 Å². The lowest BCUT2D eigenvalue weighted by Gasteiger charge is -2.15. The number of thioether (sulfide) groups is 1. The molecule has 0 saturated heterocycles. The predicted molar refractivity (Wildman–Crippen MR) is 117 cm³/mol. The monoisotopic (exact) mass is 443 g/mol. The van der Waals surface area contributed by atoms with Crippen LogP contribution in [0.4, 0.5) is 10.5 Å². The number of carbonyl (C=O) groups excluding carboxylic acids is 2. The van der Waals surface area contributed by atoms with Crippen LogP contribution in [0, 0.1) is 10.1 Å². The van der Waals surface area contributed by atoms with Crippen molar-refractivity contribution < 1.29 is 19.2 Å². The summed E-state index contributed by atoms with van der Waals surface area (Å²) in [5.74, 6) is 0.0852. The number of para-hydroxylation sites is 2. The molecule has 1 heterocycles. The van der Waals surface area contributed by atoms with Crippen LogP contribution in [0.3, 0.4) is 0 Å². The maximum atomic E-state index is 12.4. The number of ether oxygens (including phenoxy) is 1. The molecule has 0 fully saturated rings. The Morgan fingerprint density at radius 2 is 2.03 bits per heavy atom. The van der Waals surface area contributed by atoms with E-state index in [1.54, 1.807) is 30.5 Å². The summed E-state index contributed by atoms with van der Waals surface area (Å²) >= 11 is 1.13. The topological polar surface area (TPSA) is 128 Å². The molecule has 3 amide bonds. The van der Waals surface area contributed by atoms with Gasteiger partial charge in [-0.05, 0) is 32.0 Å². The molecule has 3 rings (SSSR count). The third-order valence-corrected chi connectivity index (χ3v) is 5.42. The highest BCUT2D eigenvalue weighted by Gasteiger charge is 2.23. The normalized spacial score (nSPS) is 11.7. The number of aromatic nitrogens is 2. The van der Waals surface area contributed by atoms with Gasteiger partial charge in [0.1, 0.15) is 5.75 Å². The number of methoxy groups -OCH3 is 1. The molecule has 11 heteroatoms. The highest BCUT2D eigenvalue weighted by Crippen LogP contribution is 2.35. The average molecular weight is 443 g/mol. The van der Waals surface area contributed by atoms with Gasteiger partial charge in [0.25, 0.3) is 5.69 Å². The number of nitrogens with zero attached hydrogens (tertiary/aromatic N) is 3. The fraction of sp³-hybridized carbons (Fsp3) is 0.250. The van der Waals surface area contributed by atoms with Crippen molar-refractivity contribution in [3.05, 3.63) is 52.6 Å². The Balaban J connectivity index is 2.06. The Kier molecular flexibility index (Phi) is 6.75. The molecule has 0 bridgehead atoms. The smallest absolute Gasteiger partial charge is 0.321 e. The second kappa shape index (κ2) is 9.47. The molecule has 162 valence electrons. The molecule has 10 nitrogen and oxygen atoms in total. The minimum Gasteiger partial charge on any atom is -0.495 e. The quantitative estimate of drug-likeness (QED) is 0.326. The fourth-order valence-corrected chi connectivity index (χ4v) is 3.85. The summed E-state index contributed by atoms with van der Waals surface area (Å²) in [6.45, 7) is 3.79. The third-order valence-electron chi connectivity index (χ3n) is 4.37. The van der Waals surface area contributed by atoms with Crippen LogP contribution in [0.25, 0.3) is 16.7 Å². The van der Waals surface area contributed by atoms with Crippen LogP contribution >= 0.6 is 11.8 Å². The van der Waals surface area contributed by atoms with Gasteiger partial charge >= 0.3 is 6.03 Å². The lowest BCUT2D eigenvalue weighted by Crippen LogP contribution is -2.42. The van der Waals surface area contributed by atoms with Crippen molar-refractivity contribution in [2.24, 2.45) is 0 Å². The van der Waals surface area contributed by atoms with Crippen LogP contribution in [0.1, 0.15) is 13.8 Å². The molecule has 0 spiro atoms. The molecule has 0 aliphatic carbocycles. The van der Waals surface area contributed by atoms with Gasteiger partial charge in [0.15, 0.2) is 5.16 Å². The Hall–Kier alpha value is -3.60. The van der Waals surface area contributed by atoms with Crippen LogP contribution < -0.4 is 15.4 Å². The number of hydrogen-bond acceptors (Lipinski definition) is 7. The number of imidazole rings is 1. The van der Waals surface area contributed by atoms with Gasteiger partial charge in [-0.2, -0.15) is 0 Å². The van der Waals surface area contributed by atoms with Gasteiger partial charge in [0, 0.05) is 18.7 Å². The summed E-state index contributed by atoms with van der Waals surface area (Å²) < 4.78 is 7.24. The van der Waals surface area contributed by atoms with Crippen molar-refractivity contribution >= 4 is 40.4 Å². The second-order valence-electron chi connectivity index (χ2n) is 6.44. The van der Waals surface area contributed by atoms with Crippen molar-refractivity contribution in [3.8, 4) is 11.4 Å². The molecule has 1 unspecified atom stereocenters. The Morgan fingerprint density at radius 3 is 2.71 bits per heavy atom. The van der Waals surface area contributed by atoms with E-state index in [0.717, 1.165) is 11.8 Å². The standard InChI is InChI=1S/C20H21N5O5S/c1-4-21-19(27)23-18(26)12(2)31-20-22-14-11-13(25(28)29)9-10-15(14)24(20)16-7-5-6-8-17(16)30-3/h5-12H,4H2,1-3H3,(H2,21,23,26,27). The number of rotatable bonds is 7. The van der Waals surface area contributed by atoms with E-state index < -0.39 is 22.1 Å². The number of imide groups is 1. The minimum absolute atomic E-state index is 0.0873. The lowest BCUT2D eigenvalue weighted by molar-refractivity contribution is -0.384. The number of hydrogen-bond donors (Lipinski definition) is 2.